The lowest BCUT2D eigenvalue weighted by Crippen LogP contribution is -2.44. The van der Waals surface area contributed by atoms with Gasteiger partial charge in [-0.1, -0.05) is 107 Å². The summed E-state index contributed by atoms with van der Waals surface area (Å²) in [5, 5.41) is 32.2. The standard InChI is InChI=1S/C34H55NO4/c1-30(2,3)23-13-14-27(24(17-23)31(4,5)6)39-29(34(19-36,20-37)21-38)28-25(32(7,8)9)15-22(18-35)16-26(28)33(10,11)12/h13-17,29,36-38H,18-21,35H2,1-12H3. The second-order valence-electron chi connectivity index (χ2n) is 15.4. The highest BCUT2D eigenvalue weighted by atomic mass is 16.5. The molecule has 5 N–H and O–H groups in total. The van der Waals surface area contributed by atoms with Crippen molar-refractivity contribution in [3.8, 4) is 5.75 Å². The molecule has 0 amide bonds. The summed E-state index contributed by atoms with van der Waals surface area (Å²) in [5.41, 5.74) is 10.2. The lowest BCUT2D eigenvalue weighted by Gasteiger charge is -2.43. The maximum absolute atomic E-state index is 10.7. The Kier molecular flexibility index (Phi) is 9.83. The van der Waals surface area contributed by atoms with Crippen LogP contribution >= 0.6 is 0 Å². The summed E-state index contributed by atoms with van der Waals surface area (Å²) in [5.74, 6) is 0.683. The Morgan fingerprint density at radius 1 is 0.641 bits per heavy atom. The highest BCUT2D eigenvalue weighted by Crippen LogP contribution is 2.48. The summed E-state index contributed by atoms with van der Waals surface area (Å²) in [6.45, 7) is 25.0. The van der Waals surface area contributed by atoms with Gasteiger partial charge in [-0.25, -0.2) is 0 Å². The third-order valence-corrected chi connectivity index (χ3v) is 7.75. The highest BCUT2D eigenvalue weighted by molar-refractivity contribution is 5.50. The number of hydrogen-bond donors (Lipinski definition) is 4. The monoisotopic (exact) mass is 541 g/mol. The Morgan fingerprint density at radius 2 is 1.08 bits per heavy atom. The van der Waals surface area contributed by atoms with Crippen molar-refractivity contribution >= 4 is 0 Å². The molecule has 2 rings (SSSR count). The maximum atomic E-state index is 10.7. The van der Waals surface area contributed by atoms with Crippen molar-refractivity contribution in [2.24, 2.45) is 11.1 Å². The molecular weight excluding hydrogens is 486 g/mol. The van der Waals surface area contributed by atoms with Gasteiger partial charge in [0, 0.05) is 12.1 Å². The number of nitrogens with two attached hydrogens (primary N) is 1. The highest BCUT2D eigenvalue weighted by Gasteiger charge is 2.45. The Bertz CT molecular complexity index is 1080. The zero-order chi connectivity index (χ0) is 30.2. The van der Waals surface area contributed by atoms with Gasteiger partial charge in [0.25, 0.3) is 0 Å². The van der Waals surface area contributed by atoms with Gasteiger partial charge in [0.2, 0.25) is 0 Å². The van der Waals surface area contributed by atoms with Gasteiger partial charge in [-0.15, -0.1) is 0 Å². The van der Waals surface area contributed by atoms with Crippen LogP contribution in [0.4, 0.5) is 0 Å². The molecule has 220 valence electrons. The first kappa shape index (κ1) is 33.3. The molecular formula is C34H55NO4. The summed E-state index contributed by atoms with van der Waals surface area (Å²) >= 11 is 0. The third kappa shape index (κ3) is 7.24. The Balaban J connectivity index is 3.06. The molecule has 0 fully saturated rings. The van der Waals surface area contributed by atoms with Crippen LogP contribution in [0.5, 0.6) is 5.75 Å². The summed E-state index contributed by atoms with van der Waals surface area (Å²) in [6, 6.07) is 10.5. The Morgan fingerprint density at radius 3 is 1.41 bits per heavy atom. The average Bonchev–Trinajstić information content (AvgIpc) is 2.81. The van der Waals surface area contributed by atoms with E-state index in [0.29, 0.717) is 12.3 Å². The smallest absolute Gasteiger partial charge is 0.137 e. The van der Waals surface area contributed by atoms with Gasteiger partial charge in [-0.05, 0) is 55.5 Å². The van der Waals surface area contributed by atoms with Crippen molar-refractivity contribution in [3.63, 3.8) is 0 Å². The van der Waals surface area contributed by atoms with Crippen LogP contribution < -0.4 is 10.5 Å². The molecule has 5 nitrogen and oxygen atoms in total. The van der Waals surface area contributed by atoms with E-state index in [9.17, 15) is 15.3 Å². The molecule has 0 saturated carbocycles. The topological polar surface area (TPSA) is 95.9 Å². The number of rotatable bonds is 8. The minimum absolute atomic E-state index is 0.0418. The van der Waals surface area contributed by atoms with Crippen LogP contribution in [0.3, 0.4) is 0 Å². The first-order valence-corrected chi connectivity index (χ1v) is 14.2. The first-order chi connectivity index (χ1) is 17.7. The van der Waals surface area contributed by atoms with E-state index in [-0.39, 0.29) is 21.7 Å². The van der Waals surface area contributed by atoms with Crippen LogP contribution in [-0.4, -0.2) is 35.1 Å². The van der Waals surface area contributed by atoms with E-state index in [4.69, 9.17) is 10.5 Å². The Hall–Kier alpha value is -1.92. The van der Waals surface area contributed by atoms with Crippen molar-refractivity contribution in [1.82, 2.24) is 0 Å². The van der Waals surface area contributed by atoms with Crippen molar-refractivity contribution < 1.29 is 20.1 Å². The first-order valence-electron chi connectivity index (χ1n) is 14.2. The molecule has 0 aliphatic rings. The van der Waals surface area contributed by atoms with Crippen molar-refractivity contribution in [1.29, 1.82) is 0 Å². The minimum Gasteiger partial charge on any atom is -0.485 e. The van der Waals surface area contributed by atoms with Crippen LogP contribution in [-0.2, 0) is 28.2 Å². The second-order valence-corrected chi connectivity index (χ2v) is 15.4. The van der Waals surface area contributed by atoms with E-state index < -0.39 is 31.3 Å². The van der Waals surface area contributed by atoms with Crippen LogP contribution in [0.2, 0.25) is 0 Å². The van der Waals surface area contributed by atoms with E-state index in [0.717, 1.165) is 27.8 Å². The fraction of sp³-hybridized carbons (Fsp3) is 0.647. The van der Waals surface area contributed by atoms with Crippen molar-refractivity contribution in [2.45, 2.75) is 117 Å². The van der Waals surface area contributed by atoms with Crippen LogP contribution in [0.1, 0.15) is 123 Å². The van der Waals surface area contributed by atoms with Crippen molar-refractivity contribution in [3.05, 3.63) is 63.7 Å². The number of benzene rings is 2. The molecule has 0 radical (unpaired) electrons. The molecule has 2 aromatic rings. The van der Waals surface area contributed by atoms with Gasteiger partial charge in [-0.2, -0.15) is 0 Å². The van der Waals surface area contributed by atoms with Crippen molar-refractivity contribution in [2.75, 3.05) is 19.8 Å². The number of hydrogen-bond acceptors (Lipinski definition) is 5. The van der Waals surface area contributed by atoms with E-state index >= 15 is 0 Å². The SMILES string of the molecule is CC(C)(C)c1ccc(OC(c2c(C(C)(C)C)cc(CN)cc2C(C)(C)C)C(CO)(CO)CO)c(C(C)(C)C)c1. The summed E-state index contributed by atoms with van der Waals surface area (Å²) in [6.07, 6.45) is -0.825. The van der Waals surface area contributed by atoms with E-state index in [1.807, 2.05) is 6.07 Å². The molecule has 5 heteroatoms. The molecule has 0 saturated heterocycles. The van der Waals surface area contributed by atoms with Crippen LogP contribution in [0.15, 0.2) is 30.3 Å². The zero-order valence-electron chi connectivity index (χ0n) is 26.6. The van der Waals surface area contributed by atoms with Crippen LogP contribution in [0.25, 0.3) is 0 Å². The summed E-state index contributed by atoms with van der Waals surface area (Å²) < 4.78 is 7.00. The van der Waals surface area contributed by atoms with Gasteiger partial charge in [0.15, 0.2) is 0 Å². The summed E-state index contributed by atoms with van der Waals surface area (Å²) in [7, 11) is 0. The molecule has 2 aromatic carbocycles. The van der Waals surface area contributed by atoms with E-state index in [1.54, 1.807) is 0 Å². The molecule has 0 aliphatic heterocycles. The number of ether oxygens (including phenoxy) is 1. The predicted molar refractivity (Wildman–Crippen MR) is 163 cm³/mol. The normalized spacial score (nSPS) is 14.5. The molecule has 39 heavy (non-hydrogen) atoms. The molecule has 1 unspecified atom stereocenters. The van der Waals surface area contributed by atoms with Gasteiger partial charge in [-0.3, -0.25) is 0 Å². The minimum atomic E-state index is -1.33. The maximum Gasteiger partial charge on any atom is 0.137 e. The summed E-state index contributed by atoms with van der Waals surface area (Å²) in [4.78, 5) is 0. The molecule has 0 aliphatic carbocycles. The average molecular weight is 542 g/mol. The molecule has 0 bridgehead atoms. The number of aliphatic hydroxyl groups excluding tert-OH is 3. The van der Waals surface area contributed by atoms with Gasteiger partial charge in [0.05, 0.1) is 25.2 Å². The van der Waals surface area contributed by atoms with Gasteiger partial charge >= 0.3 is 0 Å². The van der Waals surface area contributed by atoms with Crippen LogP contribution in [0, 0.1) is 5.41 Å². The number of aliphatic hydroxyl groups is 3. The van der Waals surface area contributed by atoms with E-state index in [2.05, 4.69) is 107 Å². The Labute approximate surface area is 237 Å². The van der Waals surface area contributed by atoms with Gasteiger partial charge in [0.1, 0.15) is 11.9 Å². The molecule has 0 spiro atoms. The lowest BCUT2D eigenvalue weighted by atomic mass is 9.69. The van der Waals surface area contributed by atoms with Gasteiger partial charge < -0.3 is 25.8 Å². The largest absolute Gasteiger partial charge is 0.485 e. The van der Waals surface area contributed by atoms with E-state index in [1.165, 1.54) is 5.56 Å². The molecule has 1 atom stereocenters. The molecule has 0 aromatic heterocycles. The fourth-order valence-corrected chi connectivity index (χ4v) is 5.06. The lowest BCUT2D eigenvalue weighted by molar-refractivity contribution is -0.0757. The third-order valence-electron chi connectivity index (χ3n) is 7.75. The zero-order valence-corrected chi connectivity index (χ0v) is 26.6. The quantitative estimate of drug-likeness (QED) is 0.309. The molecule has 0 heterocycles. The fourth-order valence-electron chi connectivity index (χ4n) is 5.06. The second kappa shape index (κ2) is 11.5. The predicted octanol–water partition coefficient (Wildman–Crippen LogP) is 6.42.